The second-order valence-corrected chi connectivity index (χ2v) is 5.40. The lowest BCUT2D eigenvalue weighted by Crippen LogP contribution is -2.28. The molecule has 0 saturated carbocycles. The average Bonchev–Trinajstić information content (AvgIpc) is 3.01. The van der Waals surface area contributed by atoms with Crippen LogP contribution in [0.4, 0.5) is 0 Å². The van der Waals surface area contributed by atoms with E-state index in [9.17, 15) is 4.79 Å². The lowest BCUT2D eigenvalue weighted by atomic mass is 10.3. The molecule has 2 rings (SSSR count). The Morgan fingerprint density at radius 1 is 1.43 bits per heavy atom. The van der Waals surface area contributed by atoms with E-state index in [0.717, 1.165) is 10.6 Å². The van der Waals surface area contributed by atoms with Gasteiger partial charge in [-0.1, -0.05) is 0 Å². The van der Waals surface area contributed by atoms with E-state index in [4.69, 9.17) is 4.74 Å². The number of amides is 1. The van der Waals surface area contributed by atoms with Gasteiger partial charge in [-0.2, -0.15) is 5.10 Å². The van der Waals surface area contributed by atoms with Crippen molar-refractivity contribution in [3.63, 3.8) is 0 Å². The van der Waals surface area contributed by atoms with Gasteiger partial charge in [0, 0.05) is 4.90 Å². The molecule has 1 aromatic heterocycles. The molecule has 112 valence electrons. The minimum Gasteiger partial charge on any atom is -0.494 e. The van der Waals surface area contributed by atoms with Crippen LogP contribution in [0.25, 0.3) is 0 Å². The molecule has 1 amide bonds. The second-order valence-electron chi connectivity index (χ2n) is 4.35. The van der Waals surface area contributed by atoms with E-state index in [1.165, 1.54) is 18.1 Å². The highest BCUT2D eigenvalue weighted by Gasteiger charge is 2.11. The number of benzene rings is 1. The molecule has 2 N–H and O–H groups in total. The number of carbonyl (C=O) groups excluding carboxylic acids is 1. The van der Waals surface area contributed by atoms with Gasteiger partial charge in [0.25, 0.3) is 0 Å². The summed E-state index contributed by atoms with van der Waals surface area (Å²) in [5.41, 5.74) is 0. The molecule has 6 nitrogen and oxygen atoms in total. The van der Waals surface area contributed by atoms with Crippen LogP contribution in [0.1, 0.15) is 25.7 Å². The summed E-state index contributed by atoms with van der Waals surface area (Å²) >= 11 is 1.48. The summed E-state index contributed by atoms with van der Waals surface area (Å²) in [6.07, 6.45) is 1.42. The standard InChI is InChI=1S/C14H18N4O2S/c1-3-20-11-4-6-12(7-5-11)21-8-13(19)17-10(2)14-15-9-16-18-14/h4-7,9-10H,3,8H2,1-2H3,(H,17,19)(H,15,16,18). The van der Waals surface area contributed by atoms with Crippen molar-refractivity contribution in [1.82, 2.24) is 20.5 Å². The fraction of sp³-hybridized carbons (Fsp3) is 0.357. The van der Waals surface area contributed by atoms with Gasteiger partial charge in [-0.25, -0.2) is 4.98 Å². The van der Waals surface area contributed by atoms with Gasteiger partial charge >= 0.3 is 0 Å². The zero-order valence-corrected chi connectivity index (χ0v) is 12.8. The summed E-state index contributed by atoms with van der Waals surface area (Å²) in [6.45, 7) is 4.46. The quantitative estimate of drug-likeness (QED) is 0.766. The number of H-pyrrole nitrogens is 1. The minimum atomic E-state index is -0.180. The first-order chi connectivity index (χ1) is 10.2. The Morgan fingerprint density at radius 2 is 2.19 bits per heavy atom. The molecule has 1 heterocycles. The first-order valence-corrected chi connectivity index (χ1v) is 7.68. The molecular formula is C14H18N4O2S. The first-order valence-electron chi connectivity index (χ1n) is 6.69. The van der Waals surface area contributed by atoms with Crippen molar-refractivity contribution >= 4 is 17.7 Å². The fourth-order valence-electron chi connectivity index (χ4n) is 1.72. The molecule has 0 bridgehead atoms. The Morgan fingerprint density at radius 3 is 2.81 bits per heavy atom. The maximum absolute atomic E-state index is 11.9. The Bertz CT molecular complexity index is 557. The summed E-state index contributed by atoms with van der Waals surface area (Å²) in [4.78, 5) is 16.9. The topological polar surface area (TPSA) is 79.9 Å². The van der Waals surface area contributed by atoms with Gasteiger partial charge in [0.2, 0.25) is 5.91 Å². The van der Waals surface area contributed by atoms with E-state index in [-0.39, 0.29) is 11.9 Å². The van der Waals surface area contributed by atoms with Crippen molar-refractivity contribution in [2.45, 2.75) is 24.8 Å². The average molecular weight is 306 g/mol. The number of carbonyl (C=O) groups is 1. The number of aromatic nitrogens is 3. The number of nitrogens with one attached hydrogen (secondary N) is 2. The number of ether oxygens (including phenoxy) is 1. The van der Waals surface area contributed by atoms with Crippen molar-refractivity contribution in [3.05, 3.63) is 36.4 Å². The number of nitrogens with zero attached hydrogens (tertiary/aromatic N) is 2. The molecule has 1 atom stereocenters. The van der Waals surface area contributed by atoms with Crippen LogP contribution >= 0.6 is 11.8 Å². The predicted molar refractivity (Wildman–Crippen MR) is 81.3 cm³/mol. The van der Waals surface area contributed by atoms with Crippen LogP contribution in [0.15, 0.2) is 35.5 Å². The molecule has 21 heavy (non-hydrogen) atoms. The molecule has 0 saturated heterocycles. The molecular weight excluding hydrogens is 288 g/mol. The third-order valence-electron chi connectivity index (χ3n) is 2.73. The maximum atomic E-state index is 11.9. The zero-order chi connectivity index (χ0) is 15.1. The Hall–Kier alpha value is -2.02. The number of aromatic amines is 1. The lowest BCUT2D eigenvalue weighted by molar-refractivity contribution is -0.119. The second kappa shape index (κ2) is 7.68. The molecule has 2 aromatic rings. The molecule has 1 unspecified atom stereocenters. The monoisotopic (exact) mass is 306 g/mol. The van der Waals surface area contributed by atoms with Crippen LogP contribution in [0.5, 0.6) is 5.75 Å². The van der Waals surface area contributed by atoms with Gasteiger partial charge in [-0.15, -0.1) is 11.8 Å². The van der Waals surface area contributed by atoms with Crippen molar-refractivity contribution in [2.75, 3.05) is 12.4 Å². The Labute approximate surface area is 127 Å². The van der Waals surface area contributed by atoms with Gasteiger partial charge < -0.3 is 10.1 Å². The highest BCUT2D eigenvalue weighted by atomic mass is 32.2. The summed E-state index contributed by atoms with van der Waals surface area (Å²) in [6, 6.07) is 7.52. The smallest absolute Gasteiger partial charge is 0.230 e. The van der Waals surface area contributed by atoms with Crippen LogP contribution in [-0.4, -0.2) is 33.4 Å². The van der Waals surface area contributed by atoms with Crippen molar-refractivity contribution in [1.29, 1.82) is 0 Å². The summed E-state index contributed by atoms with van der Waals surface area (Å²) in [5, 5.41) is 9.37. The molecule has 0 radical (unpaired) electrons. The highest BCUT2D eigenvalue weighted by Crippen LogP contribution is 2.21. The number of hydrogen-bond donors (Lipinski definition) is 2. The van der Waals surface area contributed by atoms with E-state index >= 15 is 0 Å². The normalized spacial score (nSPS) is 11.9. The molecule has 7 heteroatoms. The number of thioether (sulfide) groups is 1. The van der Waals surface area contributed by atoms with Crippen LogP contribution < -0.4 is 10.1 Å². The predicted octanol–water partition coefficient (Wildman–Crippen LogP) is 2.17. The molecule has 0 fully saturated rings. The number of rotatable bonds is 7. The van der Waals surface area contributed by atoms with Crippen LogP contribution in [0.3, 0.4) is 0 Å². The van der Waals surface area contributed by atoms with Gasteiger partial charge in [0.1, 0.15) is 17.9 Å². The Balaban J connectivity index is 1.78. The van der Waals surface area contributed by atoms with E-state index in [2.05, 4.69) is 20.5 Å². The SMILES string of the molecule is CCOc1ccc(SCC(=O)NC(C)c2ncn[nH]2)cc1. The Kier molecular flexibility index (Phi) is 5.62. The fourth-order valence-corrected chi connectivity index (χ4v) is 2.43. The highest BCUT2D eigenvalue weighted by molar-refractivity contribution is 8.00. The van der Waals surface area contributed by atoms with Crippen LogP contribution in [0, 0.1) is 0 Å². The first kappa shape index (κ1) is 15.4. The van der Waals surface area contributed by atoms with Gasteiger partial charge in [0.15, 0.2) is 0 Å². The van der Waals surface area contributed by atoms with Gasteiger partial charge in [-0.3, -0.25) is 9.89 Å². The maximum Gasteiger partial charge on any atom is 0.230 e. The summed E-state index contributed by atoms with van der Waals surface area (Å²) in [5.74, 6) is 1.80. The van der Waals surface area contributed by atoms with Gasteiger partial charge in [0.05, 0.1) is 18.4 Å². The van der Waals surface area contributed by atoms with Crippen LogP contribution in [-0.2, 0) is 4.79 Å². The van der Waals surface area contributed by atoms with E-state index in [1.807, 2.05) is 38.1 Å². The van der Waals surface area contributed by atoms with Gasteiger partial charge in [-0.05, 0) is 38.1 Å². The van der Waals surface area contributed by atoms with E-state index in [0.29, 0.717) is 18.2 Å². The van der Waals surface area contributed by atoms with Crippen molar-refractivity contribution < 1.29 is 9.53 Å². The molecule has 0 spiro atoms. The largest absolute Gasteiger partial charge is 0.494 e. The summed E-state index contributed by atoms with van der Waals surface area (Å²) in [7, 11) is 0. The molecule has 1 aromatic carbocycles. The zero-order valence-electron chi connectivity index (χ0n) is 12.0. The van der Waals surface area contributed by atoms with Crippen molar-refractivity contribution in [3.8, 4) is 5.75 Å². The third-order valence-corrected chi connectivity index (χ3v) is 3.74. The number of hydrogen-bond acceptors (Lipinski definition) is 5. The van der Waals surface area contributed by atoms with E-state index < -0.39 is 0 Å². The summed E-state index contributed by atoms with van der Waals surface area (Å²) < 4.78 is 5.38. The molecule has 0 aliphatic heterocycles. The molecule has 0 aliphatic carbocycles. The lowest BCUT2D eigenvalue weighted by Gasteiger charge is -2.10. The third kappa shape index (κ3) is 4.78. The molecule has 0 aliphatic rings. The van der Waals surface area contributed by atoms with E-state index in [1.54, 1.807) is 0 Å². The van der Waals surface area contributed by atoms with Crippen molar-refractivity contribution in [2.24, 2.45) is 0 Å². The minimum absolute atomic E-state index is 0.0437. The van der Waals surface area contributed by atoms with Crippen LogP contribution in [0.2, 0.25) is 0 Å².